The molecule has 0 aromatic carbocycles. The van der Waals surface area contributed by atoms with Gasteiger partial charge in [0.15, 0.2) is 5.78 Å². The molecule has 1 atom stereocenters. The lowest BCUT2D eigenvalue weighted by Gasteiger charge is -2.28. The second-order valence-corrected chi connectivity index (χ2v) is 6.40. The molecule has 1 N–H and O–H groups in total. The molecule has 1 rings (SSSR count). The fourth-order valence-corrected chi connectivity index (χ4v) is 2.38. The predicted molar refractivity (Wildman–Crippen MR) is 77.1 cm³/mol. The van der Waals surface area contributed by atoms with Crippen molar-refractivity contribution in [1.82, 2.24) is 4.90 Å². The van der Waals surface area contributed by atoms with Gasteiger partial charge in [-0.1, -0.05) is 0 Å². The molecular formula is C15H25NO5. The summed E-state index contributed by atoms with van der Waals surface area (Å²) in [7, 11) is 0. The number of Topliss-reactive ketones (excluding diaryl/α,β-unsaturated/α-hetero) is 1. The van der Waals surface area contributed by atoms with Crippen LogP contribution in [0.4, 0.5) is 4.79 Å². The molecule has 0 saturated carbocycles. The van der Waals surface area contributed by atoms with Gasteiger partial charge in [-0.25, -0.2) is 4.79 Å². The second-order valence-electron chi connectivity index (χ2n) is 6.40. The molecule has 0 aliphatic carbocycles. The van der Waals surface area contributed by atoms with Crippen molar-refractivity contribution in [2.45, 2.75) is 70.9 Å². The van der Waals surface area contributed by atoms with E-state index in [0.29, 0.717) is 32.2 Å². The van der Waals surface area contributed by atoms with Gasteiger partial charge in [0, 0.05) is 19.4 Å². The van der Waals surface area contributed by atoms with Crippen molar-refractivity contribution >= 4 is 17.8 Å². The quantitative estimate of drug-likeness (QED) is 0.762. The lowest BCUT2D eigenvalue weighted by molar-refractivity contribution is -0.137. The van der Waals surface area contributed by atoms with E-state index in [-0.39, 0.29) is 12.2 Å². The number of carboxylic acid groups (broad SMARTS) is 1. The number of amides is 1. The lowest BCUT2D eigenvalue weighted by Crippen LogP contribution is -2.43. The molecule has 0 aromatic rings. The minimum atomic E-state index is -0.848. The Balaban J connectivity index is 2.46. The SMILES string of the molecule is CC(C)(C)OC(=O)N1CCC[C@H]1C(=O)CCCCC(=O)O. The monoisotopic (exact) mass is 299 g/mol. The van der Waals surface area contributed by atoms with Crippen LogP contribution in [0.2, 0.25) is 0 Å². The molecule has 0 aromatic heterocycles. The van der Waals surface area contributed by atoms with E-state index in [9.17, 15) is 14.4 Å². The number of hydrogen-bond acceptors (Lipinski definition) is 4. The summed E-state index contributed by atoms with van der Waals surface area (Å²) in [5.41, 5.74) is -0.575. The number of unbranched alkanes of at least 4 members (excludes halogenated alkanes) is 1. The van der Waals surface area contributed by atoms with Crippen LogP contribution in [0.25, 0.3) is 0 Å². The van der Waals surface area contributed by atoms with Gasteiger partial charge in [0.25, 0.3) is 0 Å². The molecular weight excluding hydrogens is 274 g/mol. The molecule has 0 bridgehead atoms. The Morgan fingerprint density at radius 1 is 1.19 bits per heavy atom. The molecule has 21 heavy (non-hydrogen) atoms. The van der Waals surface area contributed by atoms with Crippen LogP contribution in [-0.4, -0.2) is 46.0 Å². The van der Waals surface area contributed by atoms with Crippen LogP contribution in [0.1, 0.15) is 59.3 Å². The summed E-state index contributed by atoms with van der Waals surface area (Å²) in [6.07, 6.45) is 2.44. The largest absolute Gasteiger partial charge is 0.481 e. The van der Waals surface area contributed by atoms with Crippen molar-refractivity contribution in [1.29, 1.82) is 0 Å². The molecule has 1 heterocycles. The maximum absolute atomic E-state index is 12.2. The number of aliphatic carboxylic acids is 1. The average Bonchev–Trinajstić information content (AvgIpc) is 2.81. The van der Waals surface area contributed by atoms with E-state index in [4.69, 9.17) is 9.84 Å². The standard InChI is InChI=1S/C15H25NO5/c1-15(2,3)21-14(20)16-10-6-7-11(16)12(17)8-4-5-9-13(18)19/h11H,4-10H2,1-3H3,(H,18,19)/t11-/m0/s1. The average molecular weight is 299 g/mol. The van der Waals surface area contributed by atoms with Gasteiger partial charge in [-0.2, -0.15) is 0 Å². The molecule has 1 aliphatic rings. The fourth-order valence-electron chi connectivity index (χ4n) is 2.38. The van der Waals surface area contributed by atoms with Gasteiger partial charge in [0.05, 0.1) is 6.04 Å². The van der Waals surface area contributed by atoms with Crippen LogP contribution in [0.5, 0.6) is 0 Å². The summed E-state index contributed by atoms with van der Waals surface area (Å²) in [6, 6.07) is -0.412. The Kier molecular flexibility index (Phi) is 6.18. The van der Waals surface area contributed by atoms with Gasteiger partial charge in [0.2, 0.25) is 0 Å². The first-order valence-corrected chi connectivity index (χ1v) is 7.45. The van der Waals surface area contributed by atoms with Crippen molar-refractivity contribution in [3.05, 3.63) is 0 Å². The number of ketones is 1. The van der Waals surface area contributed by atoms with Crippen molar-refractivity contribution in [3.63, 3.8) is 0 Å². The Hall–Kier alpha value is -1.59. The zero-order valence-corrected chi connectivity index (χ0v) is 13.1. The van der Waals surface area contributed by atoms with Gasteiger partial charge in [-0.15, -0.1) is 0 Å². The maximum Gasteiger partial charge on any atom is 0.410 e. The summed E-state index contributed by atoms with van der Waals surface area (Å²) in [5, 5.41) is 8.56. The van der Waals surface area contributed by atoms with Gasteiger partial charge in [-0.05, 0) is 46.5 Å². The third-order valence-electron chi connectivity index (χ3n) is 3.32. The molecule has 120 valence electrons. The summed E-state index contributed by atoms with van der Waals surface area (Å²) in [5.74, 6) is -0.845. The van der Waals surface area contributed by atoms with Crippen LogP contribution in [0, 0.1) is 0 Å². The highest BCUT2D eigenvalue weighted by molar-refractivity contribution is 5.88. The highest BCUT2D eigenvalue weighted by Crippen LogP contribution is 2.23. The van der Waals surface area contributed by atoms with Crippen molar-refractivity contribution < 1.29 is 24.2 Å². The first-order chi connectivity index (χ1) is 9.70. The van der Waals surface area contributed by atoms with Crippen LogP contribution in [0.15, 0.2) is 0 Å². The number of hydrogen-bond donors (Lipinski definition) is 1. The molecule has 6 heteroatoms. The zero-order chi connectivity index (χ0) is 16.0. The maximum atomic E-state index is 12.2. The highest BCUT2D eigenvalue weighted by Gasteiger charge is 2.35. The minimum absolute atomic E-state index is 0.00347. The van der Waals surface area contributed by atoms with E-state index >= 15 is 0 Å². The topological polar surface area (TPSA) is 83.9 Å². The first kappa shape index (κ1) is 17.5. The smallest absolute Gasteiger partial charge is 0.410 e. The minimum Gasteiger partial charge on any atom is -0.481 e. The van der Waals surface area contributed by atoms with E-state index in [1.54, 1.807) is 20.8 Å². The van der Waals surface area contributed by atoms with E-state index in [1.807, 2.05) is 0 Å². The number of nitrogens with zero attached hydrogens (tertiary/aromatic N) is 1. The third-order valence-corrected chi connectivity index (χ3v) is 3.32. The van der Waals surface area contributed by atoms with Crippen molar-refractivity contribution in [2.75, 3.05) is 6.54 Å². The van der Waals surface area contributed by atoms with E-state index in [1.165, 1.54) is 4.90 Å². The Labute approximate surface area is 125 Å². The van der Waals surface area contributed by atoms with Crippen molar-refractivity contribution in [2.24, 2.45) is 0 Å². The van der Waals surface area contributed by atoms with E-state index in [2.05, 4.69) is 0 Å². The molecule has 0 unspecified atom stereocenters. The lowest BCUT2D eigenvalue weighted by atomic mass is 10.0. The number of carbonyl (C=O) groups excluding carboxylic acids is 2. The Bertz CT molecular complexity index is 399. The number of rotatable bonds is 6. The Morgan fingerprint density at radius 3 is 2.38 bits per heavy atom. The predicted octanol–water partition coefficient (Wildman–Crippen LogP) is 2.60. The van der Waals surface area contributed by atoms with Gasteiger partial charge < -0.3 is 9.84 Å². The normalized spacial score (nSPS) is 18.6. The van der Waals surface area contributed by atoms with E-state index in [0.717, 1.165) is 6.42 Å². The summed E-state index contributed by atoms with van der Waals surface area (Å²) < 4.78 is 5.32. The molecule has 1 amide bonds. The molecule has 0 radical (unpaired) electrons. The molecule has 0 spiro atoms. The summed E-state index contributed by atoms with van der Waals surface area (Å²) in [4.78, 5) is 36.2. The van der Waals surface area contributed by atoms with Crippen molar-refractivity contribution in [3.8, 4) is 0 Å². The molecule has 1 saturated heterocycles. The van der Waals surface area contributed by atoms with Gasteiger partial charge >= 0.3 is 12.1 Å². The van der Waals surface area contributed by atoms with Crippen LogP contribution in [0.3, 0.4) is 0 Å². The first-order valence-electron chi connectivity index (χ1n) is 7.45. The molecule has 1 aliphatic heterocycles. The number of carboxylic acids is 1. The van der Waals surface area contributed by atoms with Gasteiger partial charge in [0.1, 0.15) is 5.60 Å². The zero-order valence-electron chi connectivity index (χ0n) is 13.1. The number of ether oxygens (including phenoxy) is 1. The Morgan fingerprint density at radius 2 is 1.81 bits per heavy atom. The molecule has 6 nitrogen and oxygen atoms in total. The number of likely N-dealkylation sites (tertiary alicyclic amines) is 1. The van der Waals surface area contributed by atoms with Crippen LogP contribution in [-0.2, 0) is 14.3 Å². The second kappa shape index (κ2) is 7.43. The van der Waals surface area contributed by atoms with Crippen LogP contribution < -0.4 is 0 Å². The van der Waals surface area contributed by atoms with Gasteiger partial charge in [-0.3, -0.25) is 14.5 Å². The number of carbonyl (C=O) groups is 3. The highest BCUT2D eigenvalue weighted by atomic mass is 16.6. The summed E-state index contributed by atoms with van der Waals surface area (Å²) >= 11 is 0. The summed E-state index contributed by atoms with van der Waals surface area (Å²) in [6.45, 7) is 5.93. The van der Waals surface area contributed by atoms with Crippen LogP contribution >= 0.6 is 0 Å². The fraction of sp³-hybridized carbons (Fsp3) is 0.800. The third kappa shape index (κ3) is 6.14. The molecule has 1 fully saturated rings. The van der Waals surface area contributed by atoms with E-state index < -0.39 is 23.7 Å².